The minimum absolute atomic E-state index is 0.106. The van der Waals surface area contributed by atoms with E-state index < -0.39 is 12.0 Å². The van der Waals surface area contributed by atoms with E-state index in [4.69, 9.17) is 4.74 Å². The Hall–Kier alpha value is -2.50. The number of aromatic amines is 1. The van der Waals surface area contributed by atoms with E-state index in [0.29, 0.717) is 18.8 Å². The summed E-state index contributed by atoms with van der Waals surface area (Å²) in [7, 11) is 1.32. The van der Waals surface area contributed by atoms with E-state index in [2.05, 4.69) is 10.3 Å². The van der Waals surface area contributed by atoms with Crippen LogP contribution in [-0.4, -0.2) is 35.1 Å². The van der Waals surface area contributed by atoms with Crippen LogP contribution >= 0.6 is 0 Å². The molecule has 1 fully saturated rings. The van der Waals surface area contributed by atoms with Gasteiger partial charge in [0.15, 0.2) is 0 Å². The maximum atomic E-state index is 12.3. The molecule has 134 valence electrons. The van der Waals surface area contributed by atoms with E-state index in [9.17, 15) is 14.7 Å². The fourth-order valence-electron chi connectivity index (χ4n) is 3.62. The second-order valence-electron chi connectivity index (χ2n) is 6.75. The molecule has 1 aromatic carbocycles. The molecule has 3 N–H and O–H groups in total. The smallest absolute Gasteiger partial charge is 0.328 e. The number of hydrogen-bond acceptors (Lipinski definition) is 4. The molecule has 0 aliphatic heterocycles. The molecule has 1 aliphatic rings. The van der Waals surface area contributed by atoms with Crippen molar-refractivity contribution < 1.29 is 19.4 Å². The second-order valence-corrected chi connectivity index (χ2v) is 6.75. The predicted molar refractivity (Wildman–Crippen MR) is 94.2 cm³/mol. The van der Waals surface area contributed by atoms with Gasteiger partial charge in [-0.15, -0.1) is 0 Å². The van der Waals surface area contributed by atoms with Crippen LogP contribution in [0.4, 0.5) is 0 Å². The van der Waals surface area contributed by atoms with Crippen molar-refractivity contribution >= 4 is 22.8 Å². The first kappa shape index (κ1) is 17.3. The Balaban J connectivity index is 1.72. The zero-order valence-corrected chi connectivity index (χ0v) is 14.4. The predicted octanol–water partition coefficient (Wildman–Crippen LogP) is 2.65. The zero-order chi connectivity index (χ0) is 17.8. The van der Waals surface area contributed by atoms with Crippen molar-refractivity contribution in [3.63, 3.8) is 0 Å². The third-order valence-corrected chi connectivity index (χ3v) is 4.94. The highest BCUT2D eigenvalue weighted by atomic mass is 16.5. The van der Waals surface area contributed by atoms with E-state index in [-0.39, 0.29) is 11.7 Å². The highest BCUT2D eigenvalue weighted by Gasteiger charge is 2.25. The van der Waals surface area contributed by atoms with E-state index in [1.807, 2.05) is 0 Å². The lowest BCUT2D eigenvalue weighted by molar-refractivity contribution is -0.145. The van der Waals surface area contributed by atoms with Crippen LogP contribution in [0.5, 0.6) is 5.75 Å². The fourth-order valence-corrected chi connectivity index (χ4v) is 3.62. The SMILES string of the molecule is COC(=O)[C@H](Cc1c[nH]c2ccc(O)cc12)NC(=O)CC1CCCC1. The van der Waals surface area contributed by atoms with E-state index in [0.717, 1.165) is 29.3 Å². The molecule has 1 aromatic heterocycles. The summed E-state index contributed by atoms with van der Waals surface area (Å²) in [5.74, 6) is 0.0100. The normalized spacial score (nSPS) is 16.0. The number of carbonyl (C=O) groups excluding carboxylic acids is 2. The second kappa shape index (κ2) is 7.59. The summed E-state index contributed by atoms with van der Waals surface area (Å²) in [4.78, 5) is 27.5. The van der Waals surface area contributed by atoms with Gasteiger partial charge in [-0.2, -0.15) is 0 Å². The number of carbonyl (C=O) groups is 2. The lowest BCUT2D eigenvalue weighted by Crippen LogP contribution is -2.43. The molecule has 1 aliphatic carbocycles. The van der Waals surface area contributed by atoms with Crippen LogP contribution in [0.25, 0.3) is 10.9 Å². The van der Waals surface area contributed by atoms with Gasteiger partial charge in [0.2, 0.25) is 5.91 Å². The molecule has 0 radical (unpaired) electrons. The molecule has 2 aromatic rings. The monoisotopic (exact) mass is 344 g/mol. The molecule has 1 saturated carbocycles. The largest absolute Gasteiger partial charge is 0.508 e. The third kappa shape index (κ3) is 4.13. The first-order valence-electron chi connectivity index (χ1n) is 8.73. The number of ether oxygens (including phenoxy) is 1. The number of nitrogens with one attached hydrogen (secondary N) is 2. The van der Waals surface area contributed by atoms with Crippen LogP contribution in [0.3, 0.4) is 0 Å². The van der Waals surface area contributed by atoms with Crippen molar-refractivity contribution in [2.24, 2.45) is 5.92 Å². The van der Waals surface area contributed by atoms with Crippen molar-refractivity contribution in [1.29, 1.82) is 0 Å². The number of hydrogen-bond donors (Lipinski definition) is 3. The molecular formula is C19H24N2O4. The number of amides is 1. The molecule has 0 spiro atoms. The number of fused-ring (bicyclic) bond motifs is 1. The summed E-state index contributed by atoms with van der Waals surface area (Å²) in [6.07, 6.45) is 7.09. The lowest BCUT2D eigenvalue weighted by Gasteiger charge is -2.17. The number of esters is 1. The minimum Gasteiger partial charge on any atom is -0.508 e. The average Bonchev–Trinajstić information content (AvgIpc) is 3.23. The number of H-pyrrole nitrogens is 1. The Morgan fingerprint density at radius 3 is 2.84 bits per heavy atom. The van der Waals surface area contributed by atoms with Crippen molar-refractivity contribution in [2.75, 3.05) is 7.11 Å². The van der Waals surface area contributed by atoms with Crippen LogP contribution in [-0.2, 0) is 20.7 Å². The number of phenolic OH excluding ortho intramolecular Hbond substituents is 1. The third-order valence-electron chi connectivity index (χ3n) is 4.94. The fraction of sp³-hybridized carbons (Fsp3) is 0.474. The Kier molecular flexibility index (Phi) is 5.26. The van der Waals surface area contributed by atoms with E-state index in [1.165, 1.54) is 20.0 Å². The van der Waals surface area contributed by atoms with Gasteiger partial charge >= 0.3 is 5.97 Å². The average molecular weight is 344 g/mol. The van der Waals surface area contributed by atoms with Gasteiger partial charge < -0.3 is 20.1 Å². The minimum atomic E-state index is -0.736. The van der Waals surface area contributed by atoms with Gasteiger partial charge in [-0.1, -0.05) is 12.8 Å². The van der Waals surface area contributed by atoms with Gasteiger partial charge in [-0.05, 0) is 42.5 Å². The molecule has 1 amide bonds. The Bertz CT molecular complexity index is 762. The number of methoxy groups -OCH3 is 1. The Labute approximate surface area is 146 Å². The number of rotatable bonds is 6. The standard InChI is InChI=1S/C19H24N2O4/c1-25-19(24)17(21-18(23)8-12-4-2-3-5-12)9-13-11-20-16-7-6-14(22)10-15(13)16/h6-7,10-12,17,20,22H,2-5,8-9H2,1H3,(H,21,23)/t17-/m0/s1. The van der Waals surface area contributed by atoms with Gasteiger partial charge in [0.05, 0.1) is 7.11 Å². The Morgan fingerprint density at radius 2 is 2.12 bits per heavy atom. The number of benzene rings is 1. The summed E-state index contributed by atoms with van der Waals surface area (Å²) < 4.78 is 4.85. The topological polar surface area (TPSA) is 91.4 Å². The van der Waals surface area contributed by atoms with Crippen LogP contribution in [0, 0.1) is 5.92 Å². The molecule has 6 nitrogen and oxygen atoms in total. The summed E-state index contributed by atoms with van der Waals surface area (Å²) in [5, 5.41) is 13.3. The number of phenols is 1. The summed E-state index contributed by atoms with van der Waals surface area (Å²) in [6.45, 7) is 0. The number of aromatic hydroxyl groups is 1. The molecule has 3 rings (SSSR count). The quantitative estimate of drug-likeness (QED) is 0.703. The number of aromatic nitrogens is 1. The Morgan fingerprint density at radius 1 is 1.36 bits per heavy atom. The lowest BCUT2D eigenvalue weighted by atomic mass is 10.0. The maximum Gasteiger partial charge on any atom is 0.328 e. The van der Waals surface area contributed by atoms with Crippen molar-refractivity contribution in [1.82, 2.24) is 10.3 Å². The highest BCUT2D eigenvalue weighted by molar-refractivity contribution is 5.88. The summed E-state index contributed by atoms with van der Waals surface area (Å²) in [5.41, 5.74) is 1.72. The van der Waals surface area contributed by atoms with Crippen LogP contribution < -0.4 is 5.32 Å². The van der Waals surface area contributed by atoms with Crippen LogP contribution in [0.1, 0.15) is 37.7 Å². The highest BCUT2D eigenvalue weighted by Crippen LogP contribution is 2.27. The van der Waals surface area contributed by atoms with Gasteiger partial charge in [-0.25, -0.2) is 4.79 Å². The first-order valence-corrected chi connectivity index (χ1v) is 8.73. The zero-order valence-electron chi connectivity index (χ0n) is 14.4. The molecule has 6 heteroatoms. The molecule has 0 bridgehead atoms. The van der Waals surface area contributed by atoms with E-state index in [1.54, 1.807) is 24.4 Å². The van der Waals surface area contributed by atoms with Gasteiger partial charge in [-0.3, -0.25) is 4.79 Å². The molecule has 1 atom stereocenters. The van der Waals surface area contributed by atoms with Gasteiger partial charge in [0, 0.05) is 29.9 Å². The van der Waals surface area contributed by atoms with Crippen molar-refractivity contribution in [2.45, 2.75) is 44.6 Å². The van der Waals surface area contributed by atoms with Gasteiger partial charge in [0.25, 0.3) is 0 Å². The van der Waals surface area contributed by atoms with Crippen LogP contribution in [0.15, 0.2) is 24.4 Å². The van der Waals surface area contributed by atoms with E-state index >= 15 is 0 Å². The summed E-state index contributed by atoms with van der Waals surface area (Å²) >= 11 is 0. The van der Waals surface area contributed by atoms with Crippen molar-refractivity contribution in [3.05, 3.63) is 30.0 Å². The van der Waals surface area contributed by atoms with Gasteiger partial charge in [0.1, 0.15) is 11.8 Å². The molecule has 0 unspecified atom stereocenters. The van der Waals surface area contributed by atoms with Crippen molar-refractivity contribution in [3.8, 4) is 5.75 Å². The molecular weight excluding hydrogens is 320 g/mol. The molecule has 1 heterocycles. The molecule has 0 saturated heterocycles. The summed E-state index contributed by atoms with van der Waals surface area (Å²) in [6, 6.07) is 4.29. The first-order chi connectivity index (χ1) is 12.1. The molecule has 25 heavy (non-hydrogen) atoms. The van der Waals surface area contributed by atoms with Crippen LogP contribution in [0.2, 0.25) is 0 Å². The maximum absolute atomic E-state index is 12.3.